The molecule has 4 N–H and O–H groups in total. The van der Waals surface area contributed by atoms with E-state index in [1.54, 1.807) is 29.2 Å². The molecule has 0 bridgehead atoms. The lowest BCUT2D eigenvalue weighted by Gasteiger charge is -2.32. The van der Waals surface area contributed by atoms with E-state index in [2.05, 4.69) is 21.3 Å². The molecular formula is C24H31N5O3. The number of benzene rings is 2. The van der Waals surface area contributed by atoms with Gasteiger partial charge in [-0.15, -0.1) is 0 Å². The molecule has 2 aromatic rings. The first-order valence-electron chi connectivity index (χ1n) is 10.9. The van der Waals surface area contributed by atoms with Gasteiger partial charge in [-0.05, 0) is 81.1 Å². The SMILES string of the molecule is CCNC(=O)C1CCCN(C(=O)Nc2ccc(NC(=O)Nc3ccc(C)c(C)c3)cc2)C1. The van der Waals surface area contributed by atoms with Gasteiger partial charge >= 0.3 is 12.1 Å². The second kappa shape index (κ2) is 10.7. The molecular weight excluding hydrogens is 406 g/mol. The second-order valence-corrected chi connectivity index (χ2v) is 8.07. The normalized spacial score (nSPS) is 15.6. The molecule has 0 spiro atoms. The minimum atomic E-state index is -0.338. The molecule has 1 unspecified atom stereocenters. The standard InChI is InChI=1S/C24H31N5O3/c1-4-25-22(30)18-6-5-13-29(15-18)24(32)28-20-11-9-19(10-12-20)26-23(31)27-21-8-7-16(2)17(3)14-21/h7-12,14,18H,4-6,13,15H2,1-3H3,(H,25,30)(H,28,32)(H2,26,27,31). The Bertz CT molecular complexity index is 974. The zero-order valence-corrected chi connectivity index (χ0v) is 18.8. The van der Waals surface area contributed by atoms with Gasteiger partial charge in [-0.3, -0.25) is 4.79 Å². The number of urea groups is 2. The van der Waals surface area contributed by atoms with Gasteiger partial charge in [0.2, 0.25) is 5.91 Å². The molecule has 5 amide bonds. The minimum absolute atomic E-state index is 0.000461. The van der Waals surface area contributed by atoms with Crippen LogP contribution in [0.2, 0.25) is 0 Å². The predicted molar refractivity (Wildman–Crippen MR) is 127 cm³/mol. The van der Waals surface area contributed by atoms with Crippen molar-refractivity contribution in [1.29, 1.82) is 0 Å². The number of nitrogens with zero attached hydrogens (tertiary/aromatic N) is 1. The molecule has 1 aliphatic heterocycles. The van der Waals surface area contributed by atoms with Crippen LogP contribution in [-0.4, -0.2) is 42.5 Å². The van der Waals surface area contributed by atoms with Crippen LogP contribution in [-0.2, 0) is 4.79 Å². The Balaban J connectivity index is 1.51. The summed E-state index contributed by atoms with van der Waals surface area (Å²) in [6.45, 7) is 7.53. The number of anilines is 3. The Morgan fingerprint density at radius 3 is 2.19 bits per heavy atom. The Kier molecular flexibility index (Phi) is 7.70. The van der Waals surface area contributed by atoms with Gasteiger partial charge in [-0.2, -0.15) is 0 Å². The lowest BCUT2D eigenvalue weighted by molar-refractivity contribution is -0.126. The van der Waals surface area contributed by atoms with E-state index in [0.717, 1.165) is 29.7 Å². The largest absolute Gasteiger partial charge is 0.356 e. The zero-order valence-electron chi connectivity index (χ0n) is 18.8. The Labute approximate surface area is 188 Å². The maximum atomic E-state index is 12.6. The molecule has 1 fully saturated rings. The molecule has 32 heavy (non-hydrogen) atoms. The lowest BCUT2D eigenvalue weighted by atomic mass is 9.97. The van der Waals surface area contributed by atoms with Crippen molar-refractivity contribution in [2.24, 2.45) is 5.92 Å². The molecule has 170 valence electrons. The zero-order chi connectivity index (χ0) is 23.1. The van der Waals surface area contributed by atoms with E-state index >= 15 is 0 Å². The molecule has 2 aromatic carbocycles. The summed E-state index contributed by atoms with van der Waals surface area (Å²) < 4.78 is 0. The number of piperidine rings is 1. The van der Waals surface area contributed by atoms with Gasteiger partial charge in [0.05, 0.1) is 5.92 Å². The van der Waals surface area contributed by atoms with Gasteiger partial charge in [0, 0.05) is 36.7 Å². The van der Waals surface area contributed by atoms with Gasteiger partial charge in [0.15, 0.2) is 0 Å². The average molecular weight is 438 g/mol. The number of hydrogen-bond donors (Lipinski definition) is 4. The van der Waals surface area contributed by atoms with Crippen molar-refractivity contribution in [3.63, 3.8) is 0 Å². The van der Waals surface area contributed by atoms with Gasteiger partial charge in [-0.25, -0.2) is 9.59 Å². The fraction of sp³-hybridized carbons (Fsp3) is 0.375. The van der Waals surface area contributed by atoms with Crippen LogP contribution in [0.15, 0.2) is 42.5 Å². The van der Waals surface area contributed by atoms with Crippen LogP contribution in [0.5, 0.6) is 0 Å². The predicted octanol–water partition coefficient (Wildman–Crippen LogP) is 4.33. The third kappa shape index (κ3) is 6.23. The highest BCUT2D eigenvalue weighted by atomic mass is 16.2. The molecule has 1 heterocycles. The molecule has 1 saturated heterocycles. The number of carbonyl (C=O) groups is 3. The number of carbonyl (C=O) groups excluding carboxylic acids is 3. The molecule has 0 aliphatic carbocycles. The van der Waals surface area contributed by atoms with E-state index in [9.17, 15) is 14.4 Å². The molecule has 1 aliphatic rings. The number of aryl methyl sites for hydroxylation is 2. The summed E-state index contributed by atoms with van der Waals surface area (Å²) in [6, 6.07) is 12.1. The summed E-state index contributed by atoms with van der Waals surface area (Å²) in [7, 11) is 0. The molecule has 8 heteroatoms. The van der Waals surface area contributed by atoms with Crippen LogP contribution >= 0.6 is 0 Å². The number of amides is 5. The highest BCUT2D eigenvalue weighted by Crippen LogP contribution is 2.20. The van der Waals surface area contributed by atoms with E-state index in [0.29, 0.717) is 31.0 Å². The highest BCUT2D eigenvalue weighted by molar-refractivity contribution is 6.00. The van der Waals surface area contributed by atoms with E-state index in [1.165, 1.54) is 0 Å². The highest BCUT2D eigenvalue weighted by Gasteiger charge is 2.28. The number of likely N-dealkylation sites (tertiary alicyclic amines) is 1. The van der Waals surface area contributed by atoms with E-state index in [-0.39, 0.29) is 23.9 Å². The molecule has 8 nitrogen and oxygen atoms in total. The van der Waals surface area contributed by atoms with Crippen molar-refractivity contribution in [2.45, 2.75) is 33.6 Å². The van der Waals surface area contributed by atoms with Crippen LogP contribution < -0.4 is 21.3 Å². The topological polar surface area (TPSA) is 103 Å². The van der Waals surface area contributed by atoms with Gasteiger partial charge in [0.25, 0.3) is 0 Å². The first-order chi connectivity index (χ1) is 15.4. The molecule has 0 aromatic heterocycles. The van der Waals surface area contributed by atoms with Crippen LogP contribution in [0.4, 0.5) is 26.7 Å². The smallest absolute Gasteiger partial charge is 0.323 e. The first-order valence-corrected chi connectivity index (χ1v) is 10.9. The van der Waals surface area contributed by atoms with E-state index in [4.69, 9.17) is 0 Å². The van der Waals surface area contributed by atoms with Crippen LogP contribution in [0, 0.1) is 19.8 Å². The number of nitrogens with one attached hydrogen (secondary N) is 4. The van der Waals surface area contributed by atoms with Crippen molar-refractivity contribution in [1.82, 2.24) is 10.2 Å². The van der Waals surface area contributed by atoms with Gasteiger partial charge in [-0.1, -0.05) is 6.07 Å². The minimum Gasteiger partial charge on any atom is -0.356 e. The van der Waals surface area contributed by atoms with Crippen LogP contribution in [0.25, 0.3) is 0 Å². The molecule has 0 saturated carbocycles. The Hall–Kier alpha value is -3.55. The molecule has 0 radical (unpaired) electrons. The van der Waals surface area contributed by atoms with Crippen molar-refractivity contribution in [3.8, 4) is 0 Å². The summed E-state index contributed by atoms with van der Waals surface area (Å²) in [6.07, 6.45) is 1.59. The number of rotatable bonds is 5. The molecule has 1 atom stereocenters. The van der Waals surface area contributed by atoms with Gasteiger partial charge in [0.1, 0.15) is 0 Å². The monoisotopic (exact) mass is 437 g/mol. The van der Waals surface area contributed by atoms with Crippen molar-refractivity contribution < 1.29 is 14.4 Å². The third-order valence-electron chi connectivity index (χ3n) is 5.59. The van der Waals surface area contributed by atoms with Crippen molar-refractivity contribution in [3.05, 3.63) is 53.6 Å². The number of hydrogen-bond acceptors (Lipinski definition) is 3. The summed E-state index contributed by atoms with van der Waals surface area (Å²) in [5.74, 6) is -0.170. The fourth-order valence-corrected chi connectivity index (χ4v) is 3.65. The quantitative estimate of drug-likeness (QED) is 0.560. The summed E-state index contributed by atoms with van der Waals surface area (Å²) >= 11 is 0. The van der Waals surface area contributed by atoms with Crippen molar-refractivity contribution >= 4 is 35.0 Å². The Morgan fingerprint density at radius 1 is 0.906 bits per heavy atom. The summed E-state index contributed by atoms with van der Waals surface area (Å²) in [5, 5.41) is 11.3. The van der Waals surface area contributed by atoms with E-state index < -0.39 is 0 Å². The molecule has 3 rings (SSSR count). The summed E-state index contributed by atoms with van der Waals surface area (Å²) in [4.78, 5) is 38.6. The maximum absolute atomic E-state index is 12.6. The maximum Gasteiger partial charge on any atom is 0.323 e. The van der Waals surface area contributed by atoms with Crippen LogP contribution in [0.3, 0.4) is 0 Å². The van der Waals surface area contributed by atoms with Crippen LogP contribution in [0.1, 0.15) is 30.9 Å². The first kappa shape index (κ1) is 23.1. The van der Waals surface area contributed by atoms with Crippen molar-refractivity contribution in [2.75, 3.05) is 35.6 Å². The summed E-state index contributed by atoms with van der Waals surface area (Å²) in [5.41, 5.74) is 4.22. The third-order valence-corrected chi connectivity index (χ3v) is 5.59. The van der Waals surface area contributed by atoms with E-state index in [1.807, 2.05) is 39.0 Å². The lowest BCUT2D eigenvalue weighted by Crippen LogP contribution is -2.46. The fourth-order valence-electron chi connectivity index (χ4n) is 3.65. The van der Waals surface area contributed by atoms with Gasteiger partial charge < -0.3 is 26.2 Å². The Morgan fingerprint density at radius 2 is 1.53 bits per heavy atom. The second-order valence-electron chi connectivity index (χ2n) is 8.07. The average Bonchev–Trinajstić information content (AvgIpc) is 2.78.